The second-order valence-electron chi connectivity index (χ2n) is 5.20. The molecule has 3 rings (SSSR count). The topological polar surface area (TPSA) is 22.1 Å². The van der Waals surface area contributed by atoms with Crippen LogP contribution < -0.4 is 4.74 Å². The predicted molar refractivity (Wildman–Crippen MR) is 82.5 cm³/mol. The molecule has 2 nitrogen and oxygen atoms in total. The maximum atomic E-state index is 6.07. The van der Waals surface area contributed by atoms with Gasteiger partial charge in [-0.3, -0.25) is 4.98 Å². The van der Waals surface area contributed by atoms with Crippen LogP contribution in [-0.2, 0) is 0 Å². The molecule has 2 heteroatoms. The molecule has 0 radical (unpaired) electrons. The van der Waals surface area contributed by atoms with Gasteiger partial charge in [0.25, 0.3) is 0 Å². The number of aryl methyl sites for hydroxylation is 3. The number of benzene rings is 2. The minimum absolute atomic E-state index is 0.860. The second-order valence-corrected chi connectivity index (χ2v) is 5.20. The SMILES string of the molecule is Cc1cccc(Oc2cc(C)nc3ccc(C)cc23)c1. The van der Waals surface area contributed by atoms with Crippen LogP contribution in [0.15, 0.2) is 48.5 Å². The van der Waals surface area contributed by atoms with E-state index in [0.717, 1.165) is 28.1 Å². The summed E-state index contributed by atoms with van der Waals surface area (Å²) >= 11 is 0. The van der Waals surface area contributed by atoms with Crippen molar-refractivity contribution in [2.45, 2.75) is 20.8 Å². The van der Waals surface area contributed by atoms with Gasteiger partial charge in [-0.1, -0.05) is 23.8 Å². The summed E-state index contributed by atoms with van der Waals surface area (Å²) in [6.45, 7) is 6.13. The number of hydrogen-bond donors (Lipinski definition) is 0. The first-order chi connectivity index (χ1) is 9.61. The lowest BCUT2D eigenvalue weighted by atomic mass is 10.1. The fourth-order valence-corrected chi connectivity index (χ4v) is 2.32. The Kier molecular flexibility index (Phi) is 3.15. The Hall–Kier alpha value is -2.35. The van der Waals surface area contributed by atoms with Crippen LogP contribution in [0.4, 0.5) is 0 Å². The zero-order valence-electron chi connectivity index (χ0n) is 12.0. The van der Waals surface area contributed by atoms with Gasteiger partial charge in [0.15, 0.2) is 0 Å². The lowest BCUT2D eigenvalue weighted by Crippen LogP contribution is -1.91. The van der Waals surface area contributed by atoms with Gasteiger partial charge in [-0.05, 0) is 50.6 Å². The van der Waals surface area contributed by atoms with Gasteiger partial charge >= 0.3 is 0 Å². The Labute approximate surface area is 119 Å². The molecule has 3 aromatic rings. The first kappa shape index (κ1) is 12.7. The molecule has 0 N–H and O–H groups in total. The van der Waals surface area contributed by atoms with Crippen molar-refractivity contribution >= 4 is 10.9 Å². The maximum Gasteiger partial charge on any atom is 0.138 e. The minimum atomic E-state index is 0.860. The number of fused-ring (bicyclic) bond motifs is 1. The minimum Gasteiger partial charge on any atom is -0.457 e. The monoisotopic (exact) mass is 263 g/mol. The highest BCUT2D eigenvalue weighted by molar-refractivity contribution is 5.86. The summed E-state index contributed by atoms with van der Waals surface area (Å²) in [6, 6.07) is 16.3. The molecule has 0 spiro atoms. The van der Waals surface area contributed by atoms with E-state index >= 15 is 0 Å². The van der Waals surface area contributed by atoms with Crippen LogP contribution in [0.1, 0.15) is 16.8 Å². The van der Waals surface area contributed by atoms with E-state index in [1.807, 2.05) is 37.3 Å². The number of ether oxygens (including phenoxy) is 1. The van der Waals surface area contributed by atoms with Crippen molar-refractivity contribution in [2.24, 2.45) is 0 Å². The number of hydrogen-bond acceptors (Lipinski definition) is 2. The molecular formula is C18H17NO. The Morgan fingerprint density at radius 3 is 2.45 bits per heavy atom. The Balaban J connectivity index is 2.12. The Morgan fingerprint density at radius 2 is 1.65 bits per heavy atom. The normalized spacial score (nSPS) is 10.8. The highest BCUT2D eigenvalue weighted by atomic mass is 16.5. The first-order valence-electron chi connectivity index (χ1n) is 6.74. The molecule has 0 aliphatic carbocycles. The molecule has 0 aliphatic rings. The third-order valence-electron chi connectivity index (χ3n) is 3.27. The van der Waals surface area contributed by atoms with Crippen molar-refractivity contribution < 1.29 is 4.74 Å². The molecule has 0 amide bonds. The van der Waals surface area contributed by atoms with Gasteiger partial charge in [0, 0.05) is 17.1 Å². The summed E-state index contributed by atoms with van der Waals surface area (Å²) in [4.78, 5) is 4.56. The summed E-state index contributed by atoms with van der Waals surface area (Å²) < 4.78 is 6.07. The molecule has 2 aromatic carbocycles. The zero-order valence-corrected chi connectivity index (χ0v) is 12.0. The average Bonchev–Trinajstić information content (AvgIpc) is 2.39. The van der Waals surface area contributed by atoms with Crippen LogP contribution in [0, 0.1) is 20.8 Å². The van der Waals surface area contributed by atoms with E-state index < -0.39 is 0 Å². The third kappa shape index (κ3) is 2.50. The summed E-state index contributed by atoms with van der Waals surface area (Å²) in [7, 11) is 0. The largest absolute Gasteiger partial charge is 0.457 e. The number of nitrogens with zero attached hydrogens (tertiary/aromatic N) is 1. The van der Waals surface area contributed by atoms with Gasteiger partial charge in [-0.15, -0.1) is 0 Å². The quantitative estimate of drug-likeness (QED) is 0.652. The van der Waals surface area contributed by atoms with Crippen LogP contribution in [0.2, 0.25) is 0 Å². The maximum absolute atomic E-state index is 6.07. The summed E-state index contributed by atoms with van der Waals surface area (Å²) in [5.74, 6) is 1.72. The molecule has 0 fully saturated rings. The molecule has 0 atom stereocenters. The van der Waals surface area contributed by atoms with Crippen LogP contribution >= 0.6 is 0 Å². The van der Waals surface area contributed by atoms with E-state index in [1.165, 1.54) is 11.1 Å². The van der Waals surface area contributed by atoms with Crippen molar-refractivity contribution in [1.29, 1.82) is 0 Å². The van der Waals surface area contributed by atoms with Crippen molar-refractivity contribution in [3.8, 4) is 11.5 Å². The lowest BCUT2D eigenvalue weighted by molar-refractivity contribution is 0.487. The van der Waals surface area contributed by atoms with E-state index in [-0.39, 0.29) is 0 Å². The molecule has 0 aliphatic heterocycles. The van der Waals surface area contributed by atoms with Crippen molar-refractivity contribution in [2.75, 3.05) is 0 Å². The van der Waals surface area contributed by atoms with Gasteiger partial charge in [-0.25, -0.2) is 0 Å². The Bertz CT molecular complexity index is 777. The van der Waals surface area contributed by atoms with Gasteiger partial charge in [0.1, 0.15) is 11.5 Å². The molecule has 1 heterocycles. The van der Waals surface area contributed by atoms with Gasteiger partial charge < -0.3 is 4.74 Å². The van der Waals surface area contributed by atoms with Crippen molar-refractivity contribution in [1.82, 2.24) is 4.98 Å². The predicted octanol–water partition coefficient (Wildman–Crippen LogP) is 4.95. The van der Waals surface area contributed by atoms with Gasteiger partial charge in [-0.2, -0.15) is 0 Å². The molecule has 0 bridgehead atoms. The van der Waals surface area contributed by atoms with E-state index in [4.69, 9.17) is 4.74 Å². The smallest absolute Gasteiger partial charge is 0.138 e. The van der Waals surface area contributed by atoms with E-state index in [1.54, 1.807) is 0 Å². The van der Waals surface area contributed by atoms with E-state index in [0.29, 0.717) is 0 Å². The van der Waals surface area contributed by atoms with E-state index in [9.17, 15) is 0 Å². The van der Waals surface area contributed by atoms with Gasteiger partial charge in [0.05, 0.1) is 5.52 Å². The van der Waals surface area contributed by atoms with Crippen LogP contribution in [0.5, 0.6) is 11.5 Å². The number of rotatable bonds is 2. The van der Waals surface area contributed by atoms with Crippen molar-refractivity contribution in [3.05, 3.63) is 65.4 Å². The lowest BCUT2D eigenvalue weighted by Gasteiger charge is -2.11. The molecule has 0 saturated carbocycles. The first-order valence-corrected chi connectivity index (χ1v) is 6.74. The van der Waals surface area contributed by atoms with Gasteiger partial charge in [0.2, 0.25) is 0 Å². The van der Waals surface area contributed by atoms with Crippen LogP contribution in [0.3, 0.4) is 0 Å². The average molecular weight is 263 g/mol. The highest BCUT2D eigenvalue weighted by Crippen LogP contribution is 2.30. The van der Waals surface area contributed by atoms with Crippen molar-refractivity contribution in [3.63, 3.8) is 0 Å². The molecular weight excluding hydrogens is 246 g/mol. The highest BCUT2D eigenvalue weighted by Gasteiger charge is 2.07. The fourth-order valence-electron chi connectivity index (χ4n) is 2.32. The fraction of sp³-hybridized carbons (Fsp3) is 0.167. The number of aromatic nitrogens is 1. The molecule has 0 saturated heterocycles. The molecule has 20 heavy (non-hydrogen) atoms. The third-order valence-corrected chi connectivity index (χ3v) is 3.27. The zero-order chi connectivity index (χ0) is 14.1. The summed E-state index contributed by atoms with van der Waals surface area (Å²) in [6.07, 6.45) is 0. The second kappa shape index (κ2) is 4.97. The summed E-state index contributed by atoms with van der Waals surface area (Å²) in [5, 5.41) is 1.05. The molecule has 0 unspecified atom stereocenters. The summed E-state index contributed by atoms with van der Waals surface area (Å²) in [5.41, 5.74) is 4.33. The number of pyridine rings is 1. The van der Waals surface area contributed by atoms with Crippen LogP contribution in [0.25, 0.3) is 10.9 Å². The van der Waals surface area contributed by atoms with Crippen LogP contribution in [-0.4, -0.2) is 4.98 Å². The van der Waals surface area contributed by atoms with E-state index in [2.05, 4.69) is 37.0 Å². The standard InChI is InChI=1S/C18H17NO/c1-12-5-4-6-15(9-12)20-18-11-14(3)19-17-8-7-13(2)10-16(17)18/h4-11H,1-3H3. The Morgan fingerprint density at radius 1 is 0.850 bits per heavy atom. The molecule has 100 valence electrons. The molecule has 1 aromatic heterocycles.